The largest absolute Gasteiger partial charge is 0.366 e. The molecule has 5 heteroatoms. The lowest BCUT2D eigenvalue weighted by molar-refractivity contribution is -0.127. The van der Waals surface area contributed by atoms with Crippen molar-refractivity contribution >= 4 is 27.7 Å². The van der Waals surface area contributed by atoms with Crippen LogP contribution in [0.25, 0.3) is 0 Å². The van der Waals surface area contributed by atoms with E-state index in [1.165, 1.54) is 0 Å². The Kier molecular flexibility index (Phi) is 4.49. The third-order valence-corrected chi connectivity index (χ3v) is 2.68. The fraction of sp³-hybridized carbons (Fsp3) is 0.273. The molecule has 16 heavy (non-hydrogen) atoms. The Balaban J connectivity index is 2.68. The molecule has 0 saturated heterocycles. The Morgan fingerprint density at radius 3 is 2.31 bits per heavy atom. The van der Waals surface area contributed by atoms with Gasteiger partial charge in [-0.1, -0.05) is 28.1 Å². The minimum absolute atomic E-state index is 0.0129. The van der Waals surface area contributed by atoms with Gasteiger partial charge in [-0.15, -0.1) is 0 Å². The molecule has 0 atom stereocenters. The number of primary amides is 1. The number of hydrogen-bond donors (Lipinski definition) is 1. The molecule has 4 nitrogen and oxygen atoms in total. The fourth-order valence-electron chi connectivity index (χ4n) is 1.24. The molecule has 0 saturated carbocycles. The van der Waals surface area contributed by atoms with Crippen molar-refractivity contribution in [3.63, 3.8) is 0 Å². The highest BCUT2D eigenvalue weighted by Crippen LogP contribution is 2.07. The normalized spacial score (nSPS) is 9.88. The summed E-state index contributed by atoms with van der Waals surface area (Å²) in [5, 5.41) is 0.308. The quantitative estimate of drug-likeness (QED) is 0.843. The lowest BCUT2D eigenvalue weighted by Crippen LogP contribution is -2.26. The number of alkyl halides is 1. The summed E-state index contributed by atoms with van der Waals surface area (Å²) in [5.41, 5.74) is 6.56. The maximum atomic E-state index is 11.3. The van der Waals surface area contributed by atoms with Crippen LogP contribution in [0.4, 0.5) is 0 Å². The average molecular weight is 285 g/mol. The van der Waals surface area contributed by atoms with Crippen LogP contribution in [0.2, 0.25) is 0 Å². The minimum Gasteiger partial charge on any atom is -0.366 e. The summed E-state index contributed by atoms with van der Waals surface area (Å²) in [4.78, 5) is 23.7. The molecule has 0 heterocycles. The zero-order valence-corrected chi connectivity index (χ0v) is 10.5. The van der Waals surface area contributed by atoms with Crippen molar-refractivity contribution in [2.24, 2.45) is 5.73 Å². The monoisotopic (exact) mass is 284 g/mol. The minimum atomic E-state index is -0.448. The van der Waals surface area contributed by atoms with Gasteiger partial charge in [0.05, 0.1) is 5.33 Å². The van der Waals surface area contributed by atoms with Gasteiger partial charge in [0.1, 0.15) is 0 Å². The van der Waals surface area contributed by atoms with Crippen molar-refractivity contribution in [2.45, 2.75) is 6.54 Å². The van der Waals surface area contributed by atoms with Gasteiger partial charge >= 0.3 is 0 Å². The van der Waals surface area contributed by atoms with Crippen molar-refractivity contribution in [1.29, 1.82) is 0 Å². The predicted molar refractivity (Wildman–Crippen MR) is 65.2 cm³/mol. The fourth-order valence-corrected chi connectivity index (χ4v) is 1.67. The lowest BCUT2D eigenvalue weighted by atomic mass is 10.1. The maximum Gasteiger partial charge on any atom is 0.248 e. The third-order valence-electron chi connectivity index (χ3n) is 2.20. The first-order valence-electron chi connectivity index (χ1n) is 4.73. The second-order valence-corrected chi connectivity index (χ2v) is 4.01. The van der Waals surface area contributed by atoms with Gasteiger partial charge in [-0.05, 0) is 17.7 Å². The first kappa shape index (κ1) is 12.7. The first-order valence-corrected chi connectivity index (χ1v) is 5.85. The van der Waals surface area contributed by atoms with Crippen LogP contribution in [0.3, 0.4) is 0 Å². The standard InChI is InChI=1S/C11H13BrN2O2/c1-14(10(15)6-12)7-8-2-4-9(5-3-8)11(13)16/h2-5H,6-7H2,1H3,(H2,13,16). The number of nitrogens with two attached hydrogens (primary N) is 1. The van der Waals surface area contributed by atoms with Crippen LogP contribution in [-0.4, -0.2) is 29.1 Å². The van der Waals surface area contributed by atoms with E-state index < -0.39 is 5.91 Å². The number of hydrogen-bond acceptors (Lipinski definition) is 2. The van der Waals surface area contributed by atoms with E-state index in [1.54, 1.807) is 36.2 Å². The van der Waals surface area contributed by atoms with E-state index in [4.69, 9.17) is 5.73 Å². The SMILES string of the molecule is CN(Cc1ccc(C(N)=O)cc1)C(=O)CBr. The van der Waals surface area contributed by atoms with Crippen LogP contribution < -0.4 is 5.73 Å². The summed E-state index contributed by atoms with van der Waals surface area (Å²) >= 11 is 3.11. The molecule has 2 amide bonds. The lowest BCUT2D eigenvalue weighted by Gasteiger charge is -2.15. The highest BCUT2D eigenvalue weighted by atomic mass is 79.9. The molecular formula is C11H13BrN2O2. The number of carbonyl (C=O) groups excluding carboxylic acids is 2. The van der Waals surface area contributed by atoms with Gasteiger partial charge in [0.2, 0.25) is 11.8 Å². The van der Waals surface area contributed by atoms with Gasteiger partial charge in [0, 0.05) is 19.2 Å². The number of amides is 2. The van der Waals surface area contributed by atoms with E-state index in [9.17, 15) is 9.59 Å². The highest BCUT2D eigenvalue weighted by molar-refractivity contribution is 9.09. The molecule has 0 unspecified atom stereocenters. The topological polar surface area (TPSA) is 63.4 Å². The summed E-state index contributed by atoms with van der Waals surface area (Å²) in [6.07, 6.45) is 0. The molecule has 0 radical (unpaired) electrons. The van der Waals surface area contributed by atoms with E-state index in [0.717, 1.165) is 5.56 Å². The average Bonchev–Trinajstić information content (AvgIpc) is 2.28. The van der Waals surface area contributed by atoms with Gasteiger partial charge < -0.3 is 10.6 Å². The van der Waals surface area contributed by atoms with Gasteiger partial charge in [-0.3, -0.25) is 9.59 Å². The van der Waals surface area contributed by atoms with Crippen LogP contribution >= 0.6 is 15.9 Å². The Bertz CT molecular complexity index is 389. The molecule has 0 aliphatic heterocycles. The summed E-state index contributed by atoms with van der Waals surface area (Å²) in [6.45, 7) is 0.517. The van der Waals surface area contributed by atoms with Crippen molar-refractivity contribution in [2.75, 3.05) is 12.4 Å². The highest BCUT2D eigenvalue weighted by Gasteiger charge is 2.07. The van der Waals surface area contributed by atoms with Crippen LogP contribution in [0.5, 0.6) is 0 Å². The summed E-state index contributed by atoms with van der Waals surface area (Å²) in [7, 11) is 1.73. The predicted octanol–water partition coefficient (Wildman–Crippen LogP) is 1.14. The Labute approximate surface area is 103 Å². The molecule has 86 valence electrons. The zero-order valence-electron chi connectivity index (χ0n) is 8.94. The molecule has 0 aliphatic rings. The molecule has 0 bridgehead atoms. The Morgan fingerprint density at radius 2 is 1.88 bits per heavy atom. The second-order valence-electron chi connectivity index (χ2n) is 3.44. The molecule has 1 rings (SSSR count). The molecule has 0 aliphatic carbocycles. The smallest absolute Gasteiger partial charge is 0.248 e. The van der Waals surface area contributed by atoms with Crippen molar-refractivity contribution < 1.29 is 9.59 Å². The van der Waals surface area contributed by atoms with Crippen molar-refractivity contribution in [1.82, 2.24) is 4.90 Å². The second kappa shape index (κ2) is 5.65. The summed E-state index contributed by atoms with van der Waals surface area (Å²) in [6, 6.07) is 6.89. The van der Waals surface area contributed by atoms with E-state index in [2.05, 4.69) is 15.9 Å². The van der Waals surface area contributed by atoms with Crippen molar-refractivity contribution in [3.05, 3.63) is 35.4 Å². The molecule has 0 fully saturated rings. The number of carbonyl (C=O) groups is 2. The first-order chi connectivity index (χ1) is 7.54. The van der Waals surface area contributed by atoms with Gasteiger partial charge in [-0.25, -0.2) is 0 Å². The third kappa shape index (κ3) is 3.34. The van der Waals surface area contributed by atoms with Gasteiger partial charge in [0.25, 0.3) is 0 Å². The van der Waals surface area contributed by atoms with E-state index in [1.807, 2.05) is 0 Å². The number of benzene rings is 1. The number of nitrogens with zero attached hydrogens (tertiary/aromatic N) is 1. The van der Waals surface area contributed by atoms with Crippen LogP contribution in [0.15, 0.2) is 24.3 Å². The van der Waals surface area contributed by atoms with Crippen molar-refractivity contribution in [3.8, 4) is 0 Å². The number of halogens is 1. The molecule has 2 N–H and O–H groups in total. The van der Waals surface area contributed by atoms with Gasteiger partial charge in [0.15, 0.2) is 0 Å². The van der Waals surface area contributed by atoms with Crippen LogP contribution in [-0.2, 0) is 11.3 Å². The molecular weight excluding hydrogens is 272 g/mol. The van der Waals surface area contributed by atoms with E-state index >= 15 is 0 Å². The molecule has 1 aromatic rings. The maximum absolute atomic E-state index is 11.3. The van der Waals surface area contributed by atoms with Crippen LogP contribution in [0, 0.1) is 0 Å². The van der Waals surface area contributed by atoms with Gasteiger partial charge in [-0.2, -0.15) is 0 Å². The Hall–Kier alpha value is -1.36. The molecule has 0 aromatic heterocycles. The molecule has 1 aromatic carbocycles. The summed E-state index contributed by atoms with van der Waals surface area (Å²) < 4.78 is 0. The van der Waals surface area contributed by atoms with E-state index in [0.29, 0.717) is 17.4 Å². The zero-order chi connectivity index (χ0) is 12.1. The number of rotatable bonds is 4. The summed E-state index contributed by atoms with van der Waals surface area (Å²) in [5.74, 6) is -0.435. The van der Waals surface area contributed by atoms with E-state index in [-0.39, 0.29) is 5.91 Å². The van der Waals surface area contributed by atoms with Crippen LogP contribution in [0.1, 0.15) is 15.9 Å². The Morgan fingerprint density at radius 1 is 1.31 bits per heavy atom. The molecule has 0 spiro atoms.